The molecule has 6 nitrogen and oxygen atoms in total. The first-order chi connectivity index (χ1) is 10.4. The molecule has 0 heterocycles. The van der Waals surface area contributed by atoms with Crippen LogP contribution in [0, 0.1) is 0 Å². The van der Waals surface area contributed by atoms with Gasteiger partial charge in [0, 0.05) is 6.92 Å². The first-order valence-electron chi connectivity index (χ1n) is 6.33. The van der Waals surface area contributed by atoms with Crippen LogP contribution in [0.4, 0.5) is 0 Å². The molecule has 0 aliphatic rings. The highest BCUT2D eigenvalue weighted by molar-refractivity contribution is 5.91. The summed E-state index contributed by atoms with van der Waals surface area (Å²) in [5.74, 6) is -1.38. The van der Waals surface area contributed by atoms with Crippen molar-refractivity contribution in [3.8, 4) is 11.5 Å². The Labute approximate surface area is 127 Å². The second-order valence-electron chi connectivity index (χ2n) is 4.22. The van der Waals surface area contributed by atoms with Gasteiger partial charge < -0.3 is 20.1 Å². The molecule has 22 heavy (non-hydrogen) atoms. The highest BCUT2D eigenvalue weighted by Gasteiger charge is 2.10. The third-order valence-corrected chi connectivity index (χ3v) is 2.46. The van der Waals surface area contributed by atoms with Gasteiger partial charge >= 0.3 is 11.9 Å². The molecular weight excluding hydrogens is 288 g/mol. The number of hydrogen-bond acceptors (Lipinski definition) is 5. The van der Waals surface area contributed by atoms with Gasteiger partial charge in [-0.3, -0.25) is 4.79 Å². The third kappa shape index (κ3) is 5.64. The maximum atomic E-state index is 10.6. The van der Waals surface area contributed by atoms with E-state index < -0.39 is 11.9 Å². The molecule has 0 aliphatic carbocycles. The van der Waals surface area contributed by atoms with Crippen molar-refractivity contribution >= 4 is 11.9 Å². The molecule has 0 atom stereocenters. The smallest absolute Gasteiger partial charge is 0.339 e. The van der Waals surface area contributed by atoms with Crippen LogP contribution in [0.15, 0.2) is 48.5 Å². The lowest BCUT2D eigenvalue weighted by atomic mass is 10.2. The molecule has 2 rings (SSSR count). The molecule has 0 radical (unpaired) electrons. The van der Waals surface area contributed by atoms with E-state index in [9.17, 15) is 9.59 Å². The minimum atomic E-state index is -1.11. The van der Waals surface area contributed by atoms with E-state index in [2.05, 4.69) is 4.74 Å². The molecule has 0 aromatic heterocycles. The number of carbonyl (C=O) groups is 2. The van der Waals surface area contributed by atoms with Gasteiger partial charge in [0.15, 0.2) is 0 Å². The predicted octanol–water partition coefficient (Wildman–Crippen LogP) is 2.19. The minimum Gasteiger partial charge on any atom is -0.508 e. The number of aliphatic hydroxyl groups is 1. The Bertz CT molecular complexity index is 651. The Morgan fingerprint density at radius 1 is 1.09 bits per heavy atom. The number of carboxylic acid groups (broad SMARTS) is 1. The largest absolute Gasteiger partial charge is 0.508 e. The number of hydrogen-bond donors (Lipinski definition) is 3. The summed E-state index contributed by atoms with van der Waals surface area (Å²) in [6.07, 6.45) is 0. The zero-order chi connectivity index (χ0) is 16.5. The van der Waals surface area contributed by atoms with Crippen molar-refractivity contribution < 1.29 is 29.6 Å². The van der Waals surface area contributed by atoms with Crippen molar-refractivity contribution in [1.82, 2.24) is 0 Å². The molecule has 0 saturated carbocycles. The third-order valence-electron chi connectivity index (χ3n) is 2.46. The Hall–Kier alpha value is -2.86. The van der Waals surface area contributed by atoms with Crippen molar-refractivity contribution in [2.24, 2.45) is 0 Å². The van der Waals surface area contributed by atoms with Crippen molar-refractivity contribution in [3.05, 3.63) is 59.7 Å². The standard InChI is InChI=1S/C9H8O4.C7H8O2/c1-6(10)13-8-5-3-2-4-7(8)9(11)12;8-5-6-2-1-3-7(9)4-6/h2-5H,1H3,(H,11,12);1-4,8-9H,5H2. The van der Waals surface area contributed by atoms with E-state index in [1.807, 2.05) is 0 Å². The van der Waals surface area contributed by atoms with E-state index in [-0.39, 0.29) is 23.7 Å². The first-order valence-corrected chi connectivity index (χ1v) is 6.33. The maximum Gasteiger partial charge on any atom is 0.339 e. The fraction of sp³-hybridized carbons (Fsp3) is 0.125. The number of carboxylic acids is 1. The number of benzene rings is 2. The maximum absolute atomic E-state index is 10.6. The summed E-state index contributed by atoms with van der Waals surface area (Å²) < 4.78 is 4.69. The predicted molar refractivity (Wildman–Crippen MR) is 78.7 cm³/mol. The normalized spacial score (nSPS) is 9.36. The molecule has 0 spiro atoms. The Kier molecular flexibility index (Phi) is 6.59. The minimum absolute atomic E-state index is 0.0160. The van der Waals surface area contributed by atoms with Gasteiger partial charge in [0.25, 0.3) is 0 Å². The summed E-state index contributed by atoms with van der Waals surface area (Å²) >= 11 is 0. The molecule has 116 valence electrons. The topological polar surface area (TPSA) is 104 Å². The molecule has 0 bridgehead atoms. The number of aliphatic hydroxyl groups excluding tert-OH is 1. The van der Waals surface area contributed by atoms with Crippen LogP contribution in [0.1, 0.15) is 22.8 Å². The molecule has 0 fully saturated rings. The summed E-state index contributed by atoms with van der Waals surface area (Å²) in [6.45, 7) is 1.20. The summed E-state index contributed by atoms with van der Waals surface area (Å²) in [6, 6.07) is 12.5. The number of aromatic hydroxyl groups is 1. The van der Waals surface area contributed by atoms with Crippen molar-refractivity contribution in [3.63, 3.8) is 0 Å². The van der Waals surface area contributed by atoms with E-state index in [1.165, 1.54) is 25.1 Å². The summed E-state index contributed by atoms with van der Waals surface area (Å²) in [7, 11) is 0. The number of ether oxygens (including phenoxy) is 1. The van der Waals surface area contributed by atoms with Crippen molar-refractivity contribution in [2.45, 2.75) is 13.5 Å². The number of para-hydroxylation sites is 1. The van der Waals surface area contributed by atoms with Gasteiger partial charge in [0.05, 0.1) is 6.61 Å². The van der Waals surface area contributed by atoms with Gasteiger partial charge in [-0.2, -0.15) is 0 Å². The van der Waals surface area contributed by atoms with E-state index >= 15 is 0 Å². The molecule has 0 saturated heterocycles. The van der Waals surface area contributed by atoms with E-state index in [4.69, 9.17) is 15.3 Å². The van der Waals surface area contributed by atoms with E-state index in [0.717, 1.165) is 5.56 Å². The SMILES string of the molecule is CC(=O)Oc1ccccc1C(=O)O.OCc1cccc(O)c1. The lowest BCUT2D eigenvalue weighted by Crippen LogP contribution is -2.06. The van der Waals surface area contributed by atoms with Gasteiger partial charge in [-0.15, -0.1) is 0 Å². The van der Waals surface area contributed by atoms with Crippen molar-refractivity contribution in [1.29, 1.82) is 0 Å². The second kappa shape index (κ2) is 8.43. The van der Waals surface area contributed by atoms with Crippen LogP contribution in [0.3, 0.4) is 0 Å². The highest BCUT2D eigenvalue weighted by atomic mass is 16.5. The van der Waals surface area contributed by atoms with Crippen LogP contribution in [-0.2, 0) is 11.4 Å². The lowest BCUT2D eigenvalue weighted by molar-refractivity contribution is -0.131. The number of rotatable bonds is 3. The molecule has 3 N–H and O–H groups in total. The fourth-order valence-electron chi connectivity index (χ4n) is 1.54. The number of phenolic OH excluding ortho intramolecular Hbond substituents is 1. The summed E-state index contributed by atoms with van der Waals surface area (Å²) in [5, 5.41) is 26.1. The quantitative estimate of drug-likeness (QED) is 0.593. The van der Waals surface area contributed by atoms with Gasteiger partial charge in [-0.05, 0) is 29.8 Å². The second-order valence-corrected chi connectivity index (χ2v) is 4.22. The molecule has 6 heteroatoms. The van der Waals surface area contributed by atoms with Gasteiger partial charge in [0.2, 0.25) is 0 Å². The zero-order valence-electron chi connectivity index (χ0n) is 11.9. The van der Waals surface area contributed by atoms with E-state index in [1.54, 1.807) is 30.3 Å². The van der Waals surface area contributed by atoms with Gasteiger partial charge in [-0.25, -0.2) is 4.79 Å². The molecule has 0 unspecified atom stereocenters. The number of phenols is 1. The fourth-order valence-corrected chi connectivity index (χ4v) is 1.54. The van der Waals surface area contributed by atoms with Crippen LogP contribution >= 0.6 is 0 Å². The number of carbonyl (C=O) groups excluding carboxylic acids is 1. The molecule has 0 amide bonds. The van der Waals surface area contributed by atoms with Gasteiger partial charge in [-0.1, -0.05) is 24.3 Å². The lowest BCUT2D eigenvalue weighted by Gasteiger charge is -2.03. The van der Waals surface area contributed by atoms with Crippen molar-refractivity contribution in [2.75, 3.05) is 0 Å². The summed E-state index contributed by atoms with van der Waals surface area (Å²) in [5.41, 5.74) is 0.715. The van der Waals surface area contributed by atoms with Crippen LogP contribution in [0.2, 0.25) is 0 Å². The van der Waals surface area contributed by atoms with Gasteiger partial charge in [0.1, 0.15) is 17.1 Å². The van der Waals surface area contributed by atoms with Crippen LogP contribution in [0.5, 0.6) is 11.5 Å². The monoisotopic (exact) mass is 304 g/mol. The van der Waals surface area contributed by atoms with Crippen LogP contribution in [0.25, 0.3) is 0 Å². The Morgan fingerprint density at radius 2 is 1.77 bits per heavy atom. The molecule has 2 aromatic rings. The first kappa shape index (κ1) is 17.2. The Balaban J connectivity index is 0.000000235. The Morgan fingerprint density at radius 3 is 2.27 bits per heavy atom. The van der Waals surface area contributed by atoms with Crippen LogP contribution in [-0.4, -0.2) is 27.3 Å². The van der Waals surface area contributed by atoms with Crippen LogP contribution < -0.4 is 4.74 Å². The average molecular weight is 304 g/mol. The summed E-state index contributed by atoms with van der Waals surface area (Å²) in [4.78, 5) is 21.2. The zero-order valence-corrected chi connectivity index (χ0v) is 11.9. The highest BCUT2D eigenvalue weighted by Crippen LogP contribution is 2.17. The number of esters is 1. The molecular formula is C16H16O6. The molecule has 0 aliphatic heterocycles. The number of aromatic carboxylic acids is 1. The molecule has 2 aromatic carbocycles. The average Bonchev–Trinajstić information content (AvgIpc) is 2.47. The van der Waals surface area contributed by atoms with E-state index in [0.29, 0.717) is 0 Å².